The van der Waals surface area contributed by atoms with Crippen molar-refractivity contribution in [3.63, 3.8) is 0 Å². The highest BCUT2D eigenvalue weighted by atomic mass is 79.9. The van der Waals surface area contributed by atoms with Crippen molar-refractivity contribution in [3.8, 4) is 0 Å². The van der Waals surface area contributed by atoms with Crippen molar-refractivity contribution in [2.75, 3.05) is 6.61 Å². The summed E-state index contributed by atoms with van der Waals surface area (Å²) in [5, 5.41) is -0.777. The minimum Gasteiger partial charge on any atom is -0.462 e. The Morgan fingerprint density at radius 1 is 1.30 bits per heavy atom. The zero-order valence-electron chi connectivity index (χ0n) is 12.0. The van der Waals surface area contributed by atoms with E-state index >= 15 is 0 Å². The molecule has 23 heavy (non-hydrogen) atoms. The highest BCUT2D eigenvalue weighted by molar-refractivity contribution is 9.10. The first-order chi connectivity index (χ1) is 10.9. The second-order valence-electron chi connectivity index (χ2n) is 5.21. The van der Waals surface area contributed by atoms with Crippen LogP contribution < -0.4 is 5.43 Å². The molecule has 1 fully saturated rings. The quantitative estimate of drug-likeness (QED) is 0.456. The number of carbonyl (C=O) groups is 1. The molecule has 122 valence electrons. The van der Waals surface area contributed by atoms with Gasteiger partial charge in [-0.05, 0) is 35.7 Å². The van der Waals surface area contributed by atoms with Gasteiger partial charge in [0.1, 0.15) is 5.56 Å². The normalized spacial score (nSPS) is 14.3. The predicted molar refractivity (Wildman–Crippen MR) is 80.0 cm³/mol. The van der Waals surface area contributed by atoms with Gasteiger partial charge in [0.25, 0.3) is 0 Å². The van der Waals surface area contributed by atoms with Crippen LogP contribution in [0.25, 0.3) is 10.9 Å². The van der Waals surface area contributed by atoms with Crippen molar-refractivity contribution >= 4 is 32.8 Å². The lowest BCUT2D eigenvalue weighted by atomic mass is 10.1. The molecule has 3 rings (SSSR count). The largest absolute Gasteiger partial charge is 0.462 e. The number of hydrogen-bond acceptors (Lipinski definition) is 3. The van der Waals surface area contributed by atoms with Crippen LogP contribution in [0, 0.1) is 17.5 Å². The first-order valence-corrected chi connectivity index (χ1v) is 7.75. The van der Waals surface area contributed by atoms with Gasteiger partial charge in [0.05, 0.1) is 22.0 Å². The predicted octanol–water partition coefficient (Wildman–Crippen LogP) is 3.69. The summed E-state index contributed by atoms with van der Waals surface area (Å²) in [5.74, 6) is -5.01. The van der Waals surface area contributed by atoms with E-state index in [4.69, 9.17) is 4.74 Å². The summed E-state index contributed by atoms with van der Waals surface area (Å²) in [6.07, 6.45) is 2.54. The summed E-state index contributed by atoms with van der Waals surface area (Å²) in [4.78, 5) is 24.3. The van der Waals surface area contributed by atoms with E-state index in [2.05, 4.69) is 15.9 Å². The molecule has 0 bridgehead atoms. The van der Waals surface area contributed by atoms with Crippen LogP contribution in [0.2, 0.25) is 0 Å². The van der Waals surface area contributed by atoms with Gasteiger partial charge in [0, 0.05) is 12.2 Å². The Morgan fingerprint density at radius 3 is 2.52 bits per heavy atom. The number of esters is 1. The minimum absolute atomic E-state index is 0.0191. The maximum absolute atomic E-state index is 14.4. The van der Waals surface area contributed by atoms with E-state index in [-0.39, 0.29) is 18.2 Å². The number of hydrogen-bond donors (Lipinski definition) is 0. The molecule has 0 spiro atoms. The Bertz CT molecular complexity index is 890. The summed E-state index contributed by atoms with van der Waals surface area (Å²) in [7, 11) is 0. The molecule has 0 unspecified atom stereocenters. The van der Waals surface area contributed by atoms with E-state index in [1.807, 2.05) is 0 Å². The molecular formula is C15H11BrF3NO3. The second kappa shape index (κ2) is 5.67. The van der Waals surface area contributed by atoms with Crippen LogP contribution in [0.1, 0.15) is 36.2 Å². The molecule has 0 radical (unpaired) electrons. The second-order valence-corrected chi connectivity index (χ2v) is 6.00. The Morgan fingerprint density at radius 2 is 1.96 bits per heavy atom. The van der Waals surface area contributed by atoms with E-state index in [0.29, 0.717) is 12.8 Å². The Balaban J connectivity index is 2.46. The topological polar surface area (TPSA) is 48.3 Å². The van der Waals surface area contributed by atoms with Crippen molar-refractivity contribution in [3.05, 3.63) is 43.9 Å². The molecule has 0 amide bonds. The van der Waals surface area contributed by atoms with Crippen molar-refractivity contribution in [2.45, 2.75) is 25.8 Å². The zero-order chi connectivity index (χ0) is 16.9. The third kappa shape index (κ3) is 2.45. The number of rotatable bonds is 3. The van der Waals surface area contributed by atoms with E-state index < -0.39 is 44.3 Å². The van der Waals surface area contributed by atoms with Gasteiger partial charge in [-0.2, -0.15) is 0 Å². The number of fused-ring (bicyclic) bond motifs is 1. The SMILES string of the molecule is CCOC(=O)c1cn(C2CC2)c2c(F)c(Br)c(F)c(F)c2c1=O. The average Bonchev–Trinajstić information content (AvgIpc) is 3.35. The van der Waals surface area contributed by atoms with Gasteiger partial charge in [0.2, 0.25) is 5.43 Å². The van der Waals surface area contributed by atoms with Gasteiger partial charge >= 0.3 is 5.97 Å². The number of aromatic nitrogens is 1. The Hall–Kier alpha value is -1.83. The van der Waals surface area contributed by atoms with Gasteiger partial charge in [-0.1, -0.05) is 0 Å². The van der Waals surface area contributed by atoms with Crippen molar-refractivity contribution in [1.82, 2.24) is 4.57 Å². The first-order valence-electron chi connectivity index (χ1n) is 6.96. The lowest BCUT2D eigenvalue weighted by Crippen LogP contribution is -2.22. The third-order valence-electron chi connectivity index (χ3n) is 3.68. The van der Waals surface area contributed by atoms with E-state index in [1.165, 1.54) is 4.57 Å². The summed E-state index contributed by atoms with van der Waals surface area (Å²) >= 11 is 2.65. The van der Waals surface area contributed by atoms with Gasteiger partial charge in [0.15, 0.2) is 17.5 Å². The zero-order valence-corrected chi connectivity index (χ0v) is 13.5. The smallest absolute Gasteiger partial charge is 0.343 e. The molecule has 0 saturated heterocycles. The fourth-order valence-corrected chi connectivity index (χ4v) is 2.82. The Kier molecular flexibility index (Phi) is 3.95. The van der Waals surface area contributed by atoms with Gasteiger partial charge in [-0.3, -0.25) is 4.79 Å². The molecular weight excluding hydrogens is 379 g/mol. The summed E-state index contributed by atoms with van der Waals surface area (Å²) in [6.45, 7) is 1.57. The molecule has 1 aromatic carbocycles. The third-order valence-corrected chi connectivity index (χ3v) is 4.37. The minimum atomic E-state index is -1.50. The van der Waals surface area contributed by atoms with E-state index in [0.717, 1.165) is 6.20 Å². The molecule has 8 heteroatoms. The summed E-state index contributed by atoms with van der Waals surface area (Å²) < 4.78 is 47.9. The number of benzene rings is 1. The monoisotopic (exact) mass is 389 g/mol. The first kappa shape index (κ1) is 16.0. The van der Waals surface area contributed by atoms with Gasteiger partial charge in [-0.15, -0.1) is 0 Å². The fraction of sp³-hybridized carbons (Fsp3) is 0.333. The highest BCUT2D eigenvalue weighted by Crippen LogP contribution is 2.39. The summed E-state index contributed by atoms with van der Waals surface area (Å²) in [6, 6.07) is -0.169. The lowest BCUT2D eigenvalue weighted by Gasteiger charge is -2.14. The van der Waals surface area contributed by atoms with Crippen LogP contribution in [0.5, 0.6) is 0 Å². The average molecular weight is 390 g/mol. The van der Waals surface area contributed by atoms with Crippen LogP contribution >= 0.6 is 15.9 Å². The van der Waals surface area contributed by atoms with Crippen molar-refractivity contribution < 1.29 is 22.7 Å². The van der Waals surface area contributed by atoms with Crippen molar-refractivity contribution in [1.29, 1.82) is 0 Å². The maximum atomic E-state index is 14.4. The van der Waals surface area contributed by atoms with E-state index in [9.17, 15) is 22.8 Å². The van der Waals surface area contributed by atoms with Gasteiger partial charge in [-0.25, -0.2) is 18.0 Å². The molecule has 1 heterocycles. The number of nitrogens with zero attached hydrogens (tertiary/aromatic N) is 1. The van der Waals surface area contributed by atoms with Crippen LogP contribution in [-0.4, -0.2) is 17.1 Å². The molecule has 4 nitrogen and oxygen atoms in total. The van der Waals surface area contributed by atoms with Crippen LogP contribution in [-0.2, 0) is 4.74 Å². The van der Waals surface area contributed by atoms with Gasteiger partial charge < -0.3 is 9.30 Å². The standard InChI is InChI=1S/C15H11BrF3NO3/c1-2-23-15(22)7-5-20(6-3-4-6)13-8(14(7)21)10(17)11(18)9(16)12(13)19/h5-6H,2-4H2,1H3. The van der Waals surface area contributed by atoms with E-state index in [1.54, 1.807) is 6.92 Å². The van der Waals surface area contributed by atoms with Crippen molar-refractivity contribution in [2.24, 2.45) is 0 Å². The van der Waals surface area contributed by atoms with Crippen LogP contribution in [0.4, 0.5) is 13.2 Å². The van der Waals surface area contributed by atoms with Crippen LogP contribution in [0.15, 0.2) is 15.5 Å². The summed E-state index contributed by atoms with van der Waals surface area (Å²) in [5.41, 5.74) is -1.87. The number of halogens is 4. The molecule has 2 aromatic rings. The molecule has 0 N–H and O–H groups in total. The molecule has 1 aromatic heterocycles. The highest BCUT2D eigenvalue weighted by Gasteiger charge is 2.32. The fourth-order valence-electron chi connectivity index (χ4n) is 2.46. The molecule has 1 aliphatic carbocycles. The molecule has 1 saturated carbocycles. The molecule has 0 aliphatic heterocycles. The number of ether oxygens (including phenoxy) is 1. The number of carbonyl (C=O) groups excluding carboxylic acids is 1. The lowest BCUT2D eigenvalue weighted by molar-refractivity contribution is 0.0524. The maximum Gasteiger partial charge on any atom is 0.343 e. The molecule has 1 aliphatic rings. The Labute approximate surface area is 137 Å². The number of pyridine rings is 1. The molecule has 0 atom stereocenters. The van der Waals surface area contributed by atoms with Crippen LogP contribution in [0.3, 0.4) is 0 Å².